The topological polar surface area (TPSA) is 37.3 Å². The third kappa shape index (κ3) is 4.18. The molecule has 0 amide bonds. The molecule has 0 saturated heterocycles. The first kappa shape index (κ1) is 14.8. The summed E-state index contributed by atoms with van der Waals surface area (Å²) < 4.78 is 38.2. The Labute approximate surface area is 108 Å². The summed E-state index contributed by atoms with van der Waals surface area (Å²) in [6, 6.07) is 0.865. The number of rotatable bonds is 2. The molecule has 0 unspecified atom stereocenters. The van der Waals surface area contributed by atoms with Crippen molar-refractivity contribution in [2.45, 2.75) is 32.5 Å². The summed E-state index contributed by atoms with van der Waals surface area (Å²) in [7, 11) is 0. The lowest BCUT2D eigenvalue weighted by atomic mass is 10.1. The van der Waals surface area contributed by atoms with Gasteiger partial charge in [0.2, 0.25) is 0 Å². The van der Waals surface area contributed by atoms with Crippen LogP contribution in [-0.2, 0) is 6.18 Å². The minimum atomic E-state index is -4.49. The minimum Gasteiger partial charge on any atom is -0.303 e. The van der Waals surface area contributed by atoms with Crippen molar-refractivity contribution in [3.63, 3.8) is 0 Å². The van der Waals surface area contributed by atoms with E-state index in [4.69, 9.17) is 11.6 Å². The highest BCUT2D eigenvalue weighted by molar-refractivity contribution is 6.69. The second-order valence-electron chi connectivity index (χ2n) is 4.68. The summed E-state index contributed by atoms with van der Waals surface area (Å²) in [4.78, 5) is 3.63. The Kier molecular flexibility index (Phi) is 4.21. The van der Waals surface area contributed by atoms with Gasteiger partial charge in [0, 0.05) is 23.5 Å². The molecule has 0 aliphatic carbocycles. The Hall–Kier alpha value is -1.30. The lowest BCUT2D eigenvalue weighted by Gasteiger charge is -2.18. The van der Waals surface area contributed by atoms with Crippen LogP contribution in [0.2, 0.25) is 0 Å². The largest absolute Gasteiger partial charge is 0.417 e. The van der Waals surface area contributed by atoms with E-state index in [1.165, 1.54) is 0 Å². The number of halogens is 4. The van der Waals surface area contributed by atoms with Gasteiger partial charge >= 0.3 is 6.18 Å². The molecule has 1 rings (SSSR count). The van der Waals surface area contributed by atoms with Crippen molar-refractivity contribution in [3.05, 3.63) is 29.6 Å². The van der Waals surface area contributed by atoms with Crippen molar-refractivity contribution in [2.24, 2.45) is 5.10 Å². The third-order valence-electron chi connectivity index (χ3n) is 1.84. The number of alkyl halides is 3. The first-order valence-corrected chi connectivity index (χ1v) is 5.51. The van der Waals surface area contributed by atoms with Gasteiger partial charge in [0.1, 0.15) is 0 Å². The molecule has 0 aliphatic heterocycles. The zero-order valence-electron chi connectivity index (χ0n) is 10.1. The number of hydrogen-bond acceptors (Lipinski definition) is 3. The van der Waals surface area contributed by atoms with Crippen molar-refractivity contribution < 1.29 is 13.2 Å². The maximum absolute atomic E-state index is 12.7. The van der Waals surface area contributed by atoms with Gasteiger partial charge in [-0.3, -0.25) is 4.98 Å². The van der Waals surface area contributed by atoms with Gasteiger partial charge in [0.15, 0.2) is 5.17 Å². The molecule has 0 aromatic carbocycles. The molecule has 0 spiro atoms. The van der Waals surface area contributed by atoms with Crippen molar-refractivity contribution >= 4 is 16.8 Å². The first-order valence-electron chi connectivity index (χ1n) is 5.13. The zero-order valence-corrected chi connectivity index (χ0v) is 10.9. The van der Waals surface area contributed by atoms with Gasteiger partial charge in [-0.1, -0.05) is 11.6 Å². The number of hydrazone groups is 1. The second kappa shape index (κ2) is 5.14. The Morgan fingerprint density at radius 3 is 2.44 bits per heavy atom. The van der Waals surface area contributed by atoms with Crippen molar-refractivity contribution in [3.8, 4) is 0 Å². The smallest absolute Gasteiger partial charge is 0.303 e. The fourth-order valence-corrected chi connectivity index (χ4v) is 1.28. The van der Waals surface area contributed by atoms with Gasteiger partial charge in [-0.05, 0) is 26.8 Å². The Morgan fingerprint density at radius 1 is 1.33 bits per heavy atom. The molecular weight excluding hydrogens is 267 g/mol. The molecule has 1 N–H and O–H groups in total. The van der Waals surface area contributed by atoms with Gasteiger partial charge in [-0.2, -0.15) is 18.3 Å². The molecule has 7 heteroatoms. The summed E-state index contributed by atoms with van der Waals surface area (Å²) in [5.41, 5.74) is 1.17. The van der Waals surface area contributed by atoms with Gasteiger partial charge in [-0.25, -0.2) is 0 Å². The zero-order chi connectivity index (χ0) is 14.0. The van der Waals surface area contributed by atoms with E-state index in [-0.39, 0.29) is 16.3 Å². The van der Waals surface area contributed by atoms with Crippen LogP contribution in [-0.4, -0.2) is 15.7 Å². The van der Waals surface area contributed by atoms with E-state index >= 15 is 0 Å². The lowest BCUT2D eigenvalue weighted by molar-refractivity contribution is -0.137. The van der Waals surface area contributed by atoms with E-state index in [2.05, 4.69) is 15.5 Å². The van der Waals surface area contributed by atoms with Gasteiger partial charge in [0.25, 0.3) is 0 Å². The number of nitrogens with one attached hydrogen (secondary N) is 1. The van der Waals surface area contributed by atoms with Crippen LogP contribution < -0.4 is 5.43 Å². The highest BCUT2D eigenvalue weighted by Gasteiger charge is 2.34. The monoisotopic (exact) mass is 279 g/mol. The van der Waals surface area contributed by atoms with E-state index in [9.17, 15) is 13.2 Å². The van der Waals surface area contributed by atoms with Crippen LogP contribution in [0.3, 0.4) is 0 Å². The summed E-state index contributed by atoms with van der Waals surface area (Å²) in [6.45, 7) is 5.44. The highest BCUT2D eigenvalue weighted by Crippen LogP contribution is 2.32. The SMILES string of the molecule is CC(C)(C)NN=C(Cl)c1cnccc1C(F)(F)F. The Morgan fingerprint density at radius 2 is 1.94 bits per heavy atom. The molecular formula is C11H13ClF3N3. The molecule has 0 bridgehead atoms. The molecule has 3 nitrogen and oxygen atoms in total. The molecule has 0 fully saturated rings. The van der Waals surface area contributed by atoms with E-state index in [1.54, 1.807) is 0 Å². The van der Waals surface area contributed by atoms with Crippen LogP contribution in [0.1, 0.15) is 31.9 Å². The number of hydrogen-bond donors (Lipinski definition) is 1. The molecule has 0 atom stereocenters. The lowest BCUT2D eigenvalue weighted by Crippen LogP contribution is -2.32. The standard InChI is InChI=1S/C11H13ClF3N3/c1-10(2,3)18-17-9(12)7-6-16-5-4-8(7)11(13,14)15/h4-6,18H,1-3H3. The van der Waals surface area contributed by atoms with Crippen LogP contribution in [0.15, 0.2) is 23.6 Å². The molecule has 18 heavy (non-hydrogen) atoms. The van der Waals surface area contributed by atoms with E-state index in [0.29, 0.717) is 0 Å². The van der Waals surface area contributed by atoms with E-state index in [1.807, 2.05) is 20.8 Å². The van der Waals surface area contributed by atoms with Gasteiger partial charge < -0.3 is 5.43 Å². The van der Waals surface area contributed by atoms with Crippen LogP contribution in [0.5, 0.6) is 0 Å². The maximum Gasteiger partial charge on any atom is 0.417 e. The summed E-state index contributed by atoms with van der Waals surface area (Å²) in [5, 5.41) is 3.46. The highest BCUT2D eigenvalue weighted by atomic mass is 35.5. The first-order chi connectivity index (χ1) is 8.11. The normalized spacial score (nSPS) is 13.6. The Bertz CT molecular complexity index is 450. The van der Waals surface area contributed by atoms with Crippen LogP contribution in [0.4, 0.5) is 13.2 Å². The quantitative estimate of drug-likeness (QED) is 0.665. The molecule has 0 aliphatic rings. The molecule has 0 saturated carbocycles. The third-order valence-corrected chi connectivity index (χ3v) is 2.13. The Balaban J connectivity index is 3.10. The average Bonchev–Trinajstić information content (AvgIpc) is 2.24. The molecule has 1 heterocycles. The fraction of sp³-hybridized carbons (Fsp3) is 0.455. The number of pyridine rings is 1. The molecule has 100 valence electrons. The van der Waals surface area contributed by atoms with Crippen LogP contribution >= 0.6 is 11.6 Å². The summed E-state index contributed by atoms with van der Waals surface area (Å²) >= 11 is 5.77. The van der Waals surface area contributed by atoms with Crippen LogP contribution in [0, 0.1) is 0 Å². The molecule has 0 radical (unpaired) electrons. The fourth-order valence-electron chi connectivity index (χ4n) is 1.08. The maximum atomic E-state index is 12.7. The summed E-state index contributed by atoms with van der Waals surface area (Å²) in [5.74, 6) is 0. The van der Waals surface area contributed by atoms with E-state index < -0.39 is 11.7 Å². The summed E-state index contributed by atoms with van der Waals surface area (Å²) in [6.07, 6.45) is -2.39. The number of nitrogens with zero attached hydrogens (tertiary/aromatic N) is 2. The van der Waals surface area contributed by atoms with Gasteiger partial charge in [0.05, 0.1) is 5.56 Å². The number of aromatic nitrogens is 1. The average molecular weight is 280 g/mol. The van der Waals surface area contributed by atoms with Crippen molar-refractivity contribution in [1.82, 2.24) is 10.4 Å². The van der Waals surface area contributed by atoms with Gasteiger partial charge in [-0.15, -0.1) is 0 Å². The van der Waals surface area contributed by atoms with Crippen molar-refractivity contribution in [2.75, 3.05) is 0 Å². The van der Waals surface area contributed by atoms with E-state index in [0.717, 1.165) is 18.5 Å². The minimum absolute atomic E-state index is 0.247. The van der Waals surface area contributed by atoms with Crippen LogP contribution in [0.25, 0.3) is 0 Å². The second-order valence-corrected chi connectivity index (χ2v) is 5.04. The molecule has 1 aromatic heterocycles. The van der Waals surface area contributed by atoms with Crippen molar-refractivity contribution in [1.29, 1.82) is 0 Å². The molecule has 1 aromatic rings. The predicted molar refractivity (Wildman–Crippen MR) is 64.5 cm³/mol. The predicted octanol–water partition coefficient (Wildman–Crippen LogP) is 3.39.